The number of nitrogens with zero attached hydrogens (tertiary/aromatic N) is 1. The summed E-state index contributed by atoms with van der Waals surface area (Å²) in [6, 6.07) is 15.5. The highest BCUT2D eigenvalue weighted by molar-refractivity contribution is 7.90. The fraction of sp³-hybridized carbons (Fsp3) is 0.435. The Morgan fingerprint density at radius 2 is 1.87 bits per heavy atom. The van der Waals surface area contributed by atoms with Gasteiger partial charge in [-0.25, -0.2) is 13.4 Å². The summed E-state index contributed by atoms with van der Waals surface area (Å²) in [6.07, 6.45) is 2.17. The van der Waals surface area contributed by atoms with Gasteiger partial charge in [0.2, 0.25) is 0 Å². The highest BCUT2D eigenvalue weighted by Crippen LogP contribution is 2.17. The fourth-order valence-electron chi connectivity index (χ4n) is 3.10. The molecule has 0 saturated carbocycles. The number of sulfone groups is 1. The van der Waals surface area contributed by atoms with Gasteiger partial charge in [0, 0.05) is 26.0 Å². The van der Waals surface area contributed by atoms with Crippen LogP contribution in [0.4, 0.5) is 0 Å². The first-order valence-corrected chi connectivity index (χ1v) is 12.2. The molecule has 164 valence electrons. The zero-order valence-electron chi connectivity index (χ0n) is 18.3. The highest BCUT2D eigenvalue weighted by Gasteiger charge is 2.10. The Kier molecular flexibility index (Phi) is 9.33. The summed E-state index contributed by atoms with van der Waals surface area (Å²) in [5, 5.41) is 6.55. The topological polar surface area (TPSA) is 79.8 Å². The second kappa shape index (κ2) is 11.7. The van der Waals surface area contributed by atoms with Gasteiger partial charge >= 0.3 is 0 Å². The van der Waals surface area contributed by atoms with Crippen molar-refractivity contribution in [3.05, 3.63) is 65.2 Å². The number of ether oxygens (including phenoxy) is 1. The number of hydrogen-bond acceptors (Lipinski definition) is 4. The minimum Gasteiger partial charge on any atom is -0.374 e. The molecule has 0 heterocycles. The van der Waals surface area contributed by atoms with E-state index in [0.29, 0.717) is 18.0 Å². The molecule has 2 aromatic rings. The van der Waals surface area contributed by atoms with Gasteiger partial charge in [-0.1, -0.05) is 42.5 Å². The quantitative estimate of drug-likeness (QED) is 0.341. The lowest BCUT2D eigenvalue weighted by Gasteiger charge is -2.15. The molecule has 0 saturated heterocycles. The number of aryl methyl sites for hydroxylation is 1. The molecule has 7 heteroatoms. The molecule has 6 nitrogen and oxygen atoms in total. The molecule has 0 aliphatic rings. The van der Waals surface area contributed by atoms with E-state index < -0.39 is 9.84 Å². The largest absolute Gasteiger partial charge is 0.374 e. The van der Waals surface area contributed by atoms with Crippen molar-refractivity contribution in [2.45, 2.75) is 44.7 Å². The zero-order chi connectivity index (χ0) is 22.0. The highest BCUT2D eigenvalue weighted by atomic mass is 32.2. The van der Waals surface area contributed by atoms with Crippen LogP contribution in [0.25, 0.3) is 0 Å². The number of aliphatic imine (C=N–C) groups is 1. The Labute approximate surface area is 180 Å². The van der Waals surface area contributed by atoms with E-state index in [1.54, 1.807) is 6.07 Å². The average molecular weight is 432 g/mol. The van der Waals surface area contributed by atoms with Crippen molar-refractivity contribution in [3.63, 3.8) is 0 Å². The van der Waals surface area contributed by atoms with Gasteiger partial charge in [-0.3, -0.25) is 0 Å². The van der Waals surface area contributed by atoms with E-state index >= 15 is 0 Å². The standard InChI is InChI=1S/C23H33N3O3S/c1-5-24-23(25-14-9-15-29-19(3)21-10-7-6-8-11-21)26-17-20-12-13-22(18(2)16-20)30(4,27)28/h6-8,10-13,16,19H,5,9,14-15,17H2,1-4H3,(H2,24,25,26). The molecule has 0 amide bonds. The van der Waals surface area contributed by atoms with Crippen molar-refractivity contribution >= 4 is 15.8 Å². The number of hydrogen-bond donors (Lipinski definition) is 2. The van der Waals surface area contributed by atoms with Crippen LogP contribution in [-0.2, 0) is 21.1 Å². The lowest BCUT2D eigenvalue weighted by Crippen LogP contribution is -2.38. The van der Waals surface area contributed by atoms with Gasteiger partial charge in [0.25, 0.3) is 0 Å². The van der Waals surface area contributed by atoms with Gasteiger partial charge < -0.3 is 15.4 Å². The monoisotopic (exact) mass is 431 g/mol. The third-order valence-corrected chi connectivity index (χ3v) is 5.91. The molecule has 2 rings (SSSR count). The normalized spacial score (nSPS) is 13.1. The summed E-state index contributed by atoms with van der Waals surface area (Å²) < 4.78 is 29.4. The Bertz CT molecular complexity index is 928. The molecule has 0 aliphatic carbocycles. The summed E-state index contributed by atoms with van der Waals surface area (Å²) in [5.41, 5.74) is 2.89. The SMILES string of the molecule is CCNC(=NCc1ccc(S(C)(=O)=O)c(C)c1)NCCCOC(C)c1ccccc1. The number of rotatable bonds is 10. The maximum atomic E-state index is 11.8. The molecular weight excluding hydrogens is 398 g/mol. The molecule has 1 atom stereocenters. The van der Waals surface area contributed by atoms with Crippen LogP contribution in [0, 0.1) is 6.92 Å². The number of benzene rings is 2. The third-order valence-electron chi connectivity index (χ3n) is 4.65. The average Bonchev–Trinajstić information content (AvgIpc) is 2.71. The van der Waals surface area contributed by atoms with Crippen LogP contribution in [-0.4, -0.2) is 40.3 Å². The lowest BCUT2D eigenvalue weighted by molar-refractivity contribution is 0.0646. The first kappa shape index (κ1) is 23.9. The van der Waals surface area contributed by atoms with Crippen molar-refractivity contribution in [2.75, 3.05) is 26.0 Å². The van der Waals surface area contributed by atoms with Crippen molar-refractivity contribution in [3.8, 4) is 0 Å². The smallest absolute Gasteiger partial charge is 0.191 e. The maximum Gasteiger partial charge on any atom is 0.191 e. The van der Waals surface area contributed by atoms with Crippen molar-refractivity contribution in [1.29, 1.82) is 0 Å². The third kappa shape index (κ3) is 7.80. The van der Waals surface area contributed by atoms with Gasteiger partial charge in [-0.05, 0) is 49.9 Å². The van der Waals surface area contributed by atoms with Crippen LogP contribution in [0.5, 0.6) is 0 Å². The molecule has 0 aliphatic heterocycles. The molecule has 0 spiro atoms. The van der Waals surface area contributed by atoms with E-state index in [1.165, 1.54) is 11.8 Å². The minimum absolute atomic E-state index is 0.0752. The van der Waals surface area contributed by atoms with E-state index in [4.69, 9.17) is 4.74 Å². The predicted molar refractivity (Wildman–Crippen MR) is 123 cm³/mol. The van der Waals surface area contributed by atoms with Gasteiger partial charge in [0.15, 0.2) is 15.8 Å². The molecule has 1 unspecified atom stereocenters. The minimum atomic E-state index is -3.20. The summed E-state index contributed by atoms with van der Waals surface area (Å²) in [4.78, 5) is 4.97. The van der Waals surface area contributed by atoms with E-state index in [2.05, 4.69) is 34.7 Å². The van der Waals surface area contributed by atoms with E-state index in [9.17, 15) is 8.42 Å². The summed E-state index contributed by atoms with van der Waals surface area (Å²) in [6.45, 7) is 8.54. The Hall–Kier alpha value is -2.38. The van der Waals surface area contributed by atoms with Gasteiger partial charge in [0.1, 0.15) is 0 Å². The number of nitrogens with one attached hydrogen (secondary N) is 2. The second-order valence-electron chi connectivity index (χ2n) is 7.27. The van der Waals surface area contributed by atoms with Gasteiger partial charge in [-0.15, -0.1) is 0 Å². The second-order valence-corrected chi connectivity index (χ2v) is 9.26. The van der Waals surface area contributed by atoms with Crippen LogP contribution in [0.1, 0.15) is 43.1 Å². The van der Waals surface area contributed by atoms with E-state index in [1.807, 2.05) is 44.2 Å². The molecule has 2 aromatic carbocycles. The first-order valence-electron chi connectivity index (χ1n) is 10.3. The molecule has 0 bridgehead atoms. The molecular formula is C23H33N3O3S. The molecule has 0 fully saturated rings. The van der Waals surface area contributed by atoms with Crippen molar-refractivity contribution in [1.82, 2.24) is 10.6 Å². The van der Waals surface area contributed by atoms with E-state index in [0.717, 1.165) is 36.6 Å². The summed E-state index contributed by atoms with van der Waals surface area (Å²) in [5.74, 6) is 0.735. The van der Waals surface area contributed by atoms with Crippen LogP contribution in [0.3, 0.4) is 0 Å². The van der Waals surface area contributed by atoms with Crippen LogP contribution >= 0.6 is 0 Å². The summed E-state index contributed by atoms with van der Waals surface area (Å²) in [7, 11) is -3.20. The Morgan fingerprint density at radius 1 is 1.13 bits per heavy atom. The fourth-order valence-corrected chi connectivity index (χ4v) is 4.06. The lowest BCUT2D eigenvalue weighted by atomic mass is 10.1. The Balaban J connectivity index is 1.82. The van der Waals surface area contributed by atoms with E-state index in [-0.39, 0.29) is 6.10 Å². The maximum absolute atomic E-state index is 11.8. The first-order chi connectivity index (χ1) is 14.3. The molecule has 2 N–H and O–H groups in total. The van der Waals surface area contributed by atoms with Crippen molar-refractivity contribution in [2.24, 2.45) is 4.99 Å². The molecule has 0 radical (unpaired) electrons. The predicted octanol–water partition coefficient (Wildman–Crippen LogP) is 3.62. The molecule has 0 aromatic heterocycles. The van der Waals surface area contributed by atoms with Gasteiger partial charge in [-0.2, -0.15) is 0 Å². The molecule has 30 heavy (non-hydrogen) atoms. The summed E-state index contributed by atoms with van der Waals surface area (Å²) >= 11 is 0. The van der Waals surface area contributed by atoms with Crippen molar-refractivity contribution < 1.29 is 13.2 Å². The van der Waals surface area contributed by atoms with Crippen LogP contribution in [0.2, 0.25) is 0 Å². The van der Waals surface area contributed by atoms with Crippen LogP contribution in [0.15, 0.2) is 58.4 Å². The zero-order valence-corrected chi connectivity index (χ0v) is 19.1. The van der Waals surface area contributed by atoms with Crippen LogP contribution < -0.4 is 10.6 Å². The Morgan fingerprint density at radius 3 is 2.50 bits per heavy atom. The van der Waals surface area contributed by atoms with Gasteiger partial charge in [0.05, 0.1) is 17.5 Å². The number of guanidine groups is 1.